The van der Waals surface area contributed by atoms with Crippen molar-refractivity contribution in [1.29, 1.82) is 0 Å². The Morgan fingerprint density at radius 2 is 1.54 bits per heavy atom. The zero-order valence-corrected chi connectivity index (χ0v) is 18.0. The fourth-order valence-electron chi connectivity index (χ4n) is 4.40. The van der Waals surface area contributed by atoms with Crippen LogP contribution in [0.2, 0.25) is 0 Å². The van der Waals surface area contributed by atoms with E-state index in [1.54, 1.807) is 0 Å². The molecule has 0 radical (unpaired) electrons. The molecule has 0 aromatic heterocycles. The minimum Gasteiger partial charge on any atom is -0.299 e. The topological polar surface area (TPSA) is 37.4 Å². The molecule has 0 N–H and O–H groups in total. The van der Waals surface area contributed by atoms with Crippen molar-refractivity contribution in [3.8, 4) is 0 Å². The van der Waals surface area contributed by atoms with Gasteiger partial charge in [0.1, 0.15) is 9.84 Å². The Bertz CT molecular complexity index is 662. The van der Waals surface area contributed by atoms with Crippen molar-refractivity contribution in [2.75, 3.05) is 25.1 Å². The van der Waals surface area contributed by atoms with E-state index >= 15 is 0 Å². The number of piperidine rings is 1. The molecule has 2 atom stereocenters. The van der Waals surface area contributed by atoms with Crippen molar-refractivity contribution in [2.45, 2.75) is 52.0 Å². The SMILES string of the molecule is CC(C1CC1)C1CCN(Cc2ccc([C@@H](C)CS(C)(=O)=O)cc2)CC1.Cl. The summed E-state index contributed by atoms with van der Waals surface area (Å²) >= 11 is 0. The number of nitrogens with zero attached hydrogens (tertiary/aromatic N) is 1. The van der Waals surface area contributed by atoms with Crippen molar-refractivity contribution < 1.29 is 8.42 Å². The largest absolute Gasteiger partial charge is 0.299 e. The summed E-state index contributed by atoms with van der Waals surface area (Å²) in [4.78, 5) is 2.57. The lowest BCUT2D eigenvalue weighted by Gasteiger charge is -2.35. The van der Waals surface area contributed by atoms with Crippen LogP contribution < -0.4 is 0 Å². The Hall–Kier alpha value is -0.580. The first-order valence-corrected chi connectivity index (χ1v) is 11.9. The molecular weight excluding hydrogens is 366 g/mol. The van der Waals surface area contributed by atoms with Gasteiger partial charge in [0.05, 0.1) is 5.75 Å². The standard InChI is InChI=1S/C21H33NO2S.ClH/c1-16(15-25(3,23)24)19-6-4-18(5-7-19)14-22-12-10-21(11-13-22)17(2)20-8-9-20;/h4-7,16-17,20-21H,8-15H2,1-3H3;1H/t16-,17?;/m0./s1. The minimum atomic E-state index is -2.93. The van der Waals surface area contributed by atoms with E-state index in [9.17, 15) is 8.42 Å². The third-order valence-corrected chi connectivity index (χ3v) is 7.35. The molecule has 0 bridgehead atoms. The summed E-state index contributed by atoms with van der Waals surface area (Å²) in [6, 6.07) is 8.56. The maximum Gasteiger partial charge on any atom is 0.148 e. The van der Waals surface area contributed by atoms with E-state index in [2.05, 4.69) is 36.1 Å². The van der Waals surface area contributed by atoms with Crippen molar-refractivity contribution >= 4 is 22.2 Å². The van der Waals surface area contributed by atoms with Crippen molar-refractivity contribution in [2.24, 2.45) is 17.8 Å². The van der Waals surface area contributed by atoms with Gasteiger partial charge in [0.25, 0.3) is 0 Å². The highest BCUT2D eigenvalue weighted by atomic mass is 35.5. The summed E-state index contributed by atoms with van der Waals surface area (Å²) in [6.45, 7) is 7.91. The molecule has 1 saturated heterocycles. The van der Waals surface area contributed by atoms with Crippen molar-refractivity contribution in [1.82, 2.24) is 4.90 Å². The van der Waals surface area contributed by atoms with Gasteiger partial charge in [-0.25, -0.2) is 8.42 Å². The Labute approximate surface area is 165 Å². The van der Waals surface area contributed by atoms with Gasteiger partial charge in [-0.15, -0.1) is 12.4 Å². The summed E-state index contributed by atoms with van der Waals surface area (Å²) in [5.41, 5.74) is 2.45. The number of likely N-dealkylation sites (tertiary alicyclic amines) is 1. The predicted octanol–water partition coefficient (Wildman–Crippen LogP) is 4.51. The molecule has 2 aliphatic rings. The second-order valence-corrected chi connectivity index (χ2v) is 10.7. The number of sulfone groups is 1. The third kappa shape index (κ3) is 6.24. The van der Waals surface area contributed by atoms with E-state index in [0.29, 0.717) is 0 Å². The van der Waals surface area contributed by atoms with Gasteiger partial charge in [0.15, 0.2) is 0 Å². The molecule has 3 rings (SSSR count). The Morgan fingerprint density at radius 3 is 2.04 bits per heavy atom. The molecule has 0 spiro atoms. The fraction of sp³-hybridized carbons (Fsp3) is 0.714. The summed E-state index contributed by atoms with van der Waals surface area (Å²) in [5, 5.41) is 0. The zero-order chi connectivity index (χ0) is 18.0. The van der Waals surface area contributed by atoms with Crippen LogP contribution >= 0.6 is 12.4 Å². The molecule has 1 aliphatic heterocycles. The molecule has 5 heteroatoms. The van der Waals surface area contributed by atoms with Gasteiger partial charge in [-0.3, -0.25) is 4.90 Å². The number of rotatable bonds is 7. The first kappa shape index (κ1) is 21.7. The predicted molar refractivity (Wildman–Crippen MR) is 112 cm³/mol. The molecule has 2 fully saturated rings. The minimum absolute atomic E-state index is 0. The molecule has 3 nitrogen and oxygen atoms in total. The van der Waals surface area contributed by atoms with Gasteiger partial charge in [-0.1, -0.05) is 38.1 Å². The lowest BCUT2D eigenvalue weighted by Crippen LogP contribution is -2.35. The highest BCUT2D eigenvalue weighted by molar-refractivity contribution is 7.90. The molecule has 1 aliphatic carbocycles. The van der Waals surface area contributed by atoms with E-state index in [4.69, 9.17) is 0 Å². The molecule has 1 saturated carbocycles. The maximum atomic E-state index is 11.5. The maximum absolute atomic E-state index is 11.5. The van der Waals surface area contributed by atoms with E-state index < -0.39 is 9.84 Å². The fourth-order valence-corrected chi connectivity index (χ4v) is 5.50. The Balaban J connectivity index is 0.00000243. The smallest absolute Gasteiger partial charge is 0.148 e. The lowest BCUT2D eigenvalue weighted by atomic mass is 9.82. The summed E-state index contributed by atoms with van der Waals surface area (Å²) in [6.07, 6.45) is 6.94. The van der Waals surface area contributed by atoms with Gasteiger partial charge in [0.2, 0.25) is 0 Å². The van der Waals surface area contributed by atoms with Crippen LogP contribution in [-0.4, -0.2) is 38.4 Å². The Morgan fingerprint density at radius 1 is 1.00 bits per heavy atom. The first-order valence-electron chi connectivity index (χ1n) is 9.81. The summed E-state index contributed by atoms with van der Waals surface area (Å²) in [5.74, 6) is 3.17. The van der Waals surface area contributed by atoms with E-state index in [1.807, 2.05) is 6.92 Å². The first-order chi connectivity index (χ1) is 11.8. The number of hydrogen-bond acceptors (Lipinski definition) is 3. The number of hydrogen-bond donors (Lipinski definition) is 0. The second kappa shape index (κ2) is 9.07. The number of benzene rings is 1. The molecular formula is C21H34ClNO2S. The van der Waals surface area contributed by atoms with Gasteiger partial charge in [-0.2, -0.15) is 0 Å². The van der Waals surface area contributed by atoms with Crippen LogP contribution in [0.25, 0.3) is 0 Å². The lowest BCUT2D eigenvalue weighted by molar-refractivity contribution is 0.139. The zero-order valence-electron chi connectivity index (χ0n) is 16.4. The second-order valence-electron chi connectivity index (χ2n) is 8.55. The molecule has 0 amide bonds. The average molecular weight is 400 g/mol. The van der Waals surface area contributed by atoms with Crippen molar-refractivity contribution in [3.63, 3.8) is 0 Å². The molecule has 1 unspecified atom stereocenters. The van der Waals surface area contributed by atoms with Crippen LogP contribution in [0.15, 0.2) is 24.3 Å². The quantitative estimate of drug-likeness (QED) is 0.676. The molecule has 1 aromatic carbocycles. The highest BCUT2D eigenvalue weighted by Crippen LogP contribution is 2.43. The van der Waals surface area contributed by atoms with Crippen LogP contribution in [0.4, 0.5) is 0 Å². The van der Waals surface area contributed by atoms with Gasteiger partial charge >= 0.3 is 0 Å². The average Bonchev–Trinajstić information content (AvgIpc) is 3.39. The van der Waals surface area contributed by atoms with Crippen LogP contribution in [-0.2, 0) is 16.4 Å². The van der Waals surface area contributed by atoms with Gasteiger partial charge in [-0.05, 0) is 73.6 Å². The van der Waals surface area contributed by atoms with Crippen LogP contribution in [0.5, 0.6) is 0 Å². The summed E-state index contributed by atoms with van der Waals surface area (Å²) in [7, 11) is -2.93. The van der Waals surface area contributed by atoms with Crippen molar-refractivity contribution in [3.05, 3.63) is 35.4 Å². The van der Waals surface area contributed by atoms with E-state index in [-0.39, 0.29) is 24.1 Å². The van der Waals surface area contributed by atoms with Gasteiger partial charge in [0, 0.05) is 12.8 Å². The normalized spacial score (nSPS) is 21.8. The van der Waals surface area contributed by atoms with E-state index in [1.165, 1.54) is 50.6 Å². The van der Waals surface area contributed by atoms with Crippen LogP contribution in [0.1, 0.15) is 56.6 Å². The summed E-state index contributed by atoms with van der Waals surface area (Å²) < 4.78 is 22.9. The molecule has 26 heavy (non-hydrogen) atoms. The monoisotopic (exact) mass is 399 g/mol. The van der Waals surface area contributed by atoms with Gasteiger partial charge < -0.3 is 0 Å². The Kier molecular flexibility index (Phi) is 7.58. The van der Waals surface area contributed by atoms with Crippen LogP contribution in [0.3, 0.4) is 0 Å². The van der Waals surface area contributed by atoms with E-state index in [0.717, 1.165) is 29.9 Å². The molecule has 1 heterocycles. The molecule has 148 valence electrons. The molecule has 1 aromatic rings. The van der Waals surface area contributed by atoms with Crippen LogP contribution in [0, 0.1) is 17.8 Å². The number of halogens is 1. The highest BCUT2D eigenvalue weighted by Gasteiger charge is 2.34. The third-order valence-electron chi connectivity index (χ3n) is 6.25.